The van der Waals surface area contributed by atoms with E-state index in [2.05, 4.69) is 24.4 Å². The van der Waals surface area contributed by atoms with Gasteiger partial charge in [-0.05, 0) is 24.6 Å². The Kier molecular flexibility index (Phi) is 7.37. The lowest BCUT2D eigenvalue weighted by Crippen LogP contribution is -3.08. The molecule has 0 aliphatic carbocycles. The maximum absolute atomic E-state index is 12.4. The molecule has 1 atom stereocenters. The third-order valence-corrected chi connectivity index (χ3v) is 4.37. The van der Waals surface area contributed by atoms with Crippen LogP contribution in [-0.2, 0) is 16.1 Å². The zero-order valence-corrected chi connectivity index (χ0v) is 16.4. The molecular formula is C21H28N3O3+. The molecule has 1 unspecified atom stereocenters. The van der Waals surface area contributed by atoms with Crippen molar-refractivity contribution in [2.45, 2.75) is 13.5 Å². The number of methoxy groups -OCH3 is 1. The predicted molar refractivity (Wildman–Crippen MR) is 106 cm³/mol. The molecule has 2 rings (SSSR count). The van der Waals surface area contributed by atoms with Gasteiger partial charge in [0.2, 0.25) is 5.91 Å². The summed E-state index contributed by atoms with van der Waals surface area (Å²) in [6, 6.07) is 15.3. The van der Waals surface area contributed by atoms with E-state index in [1.54, 1.807) is 38.4 Å². The summed E-state index contributed by atoms with van der Waals surface area (Å²) < 4.78 is 5.14. The molecule has 0 saturated heterocycles. The fourth-order valence-electron chi connectivity index (χ4n) is 2.79. The Morgan fingerprint density at radius 1 is 1.15 bits per heavy atom. The topological polar surface area (TPSA) is 63.1 Å². The second-order valence-electron chi connectivity index (χ2n) is 6.77. The van der Waals surface area contributed by atoms with Crippen molar-refractivity contribution in [2.75, 3.05) is 39.6 Å². The first-order chi connectivity index (χ1) is 12.9. The van der Waals surface area contributed by atoms with Crippen molar-refractivity contribution in [3.05, 3.63) is 59.7 Å². The summed E-state index contributed by atoms with van der Waals surface area (Å²) in [4.78, 5) is 27.2. The van der Waals surface area contributed by atoms with E-state index >= 15 is 0 Å². The van der Waals surface area contributed by atoms with Crippen LogP contribution in [0, 0.1) is 6.92 Å². The molecule has 0 radical (unpaired) electrons. The number of amides is 2. The SMILES string of the molecule is COc1cccc(NC(=O)CN(C)C(=O)C[NH+](C)Cc2ccccc2C)c1. The van der Waals surface area contributed by atoms with Crippen LogP contribution < -0.4 is 15.0 Å². The molecule has 0 heterocycles. The molecule has 2 aromatic rings. The van der Waals surface area contributed by atoms with Gasteiger partial charge in [0, 0.05) is 24.4 Å². The van der Waals surface area contributed by atoms with Gasteiger partial charge in [-0.15, -0.1) is 0 Å². The summed E-state index contributed by atoms with van der Waals surface area (Å²) >= 11 is 0. The van der Waals surface area contributed by atoms with Gasteiger partial charge in [-0.25, -0.2) is 0 Å². The monoisotopic (exact) mass is 370 g/mol. The lowest BCUT2D eigenvalue weighted by molar-refractivity contribution is -0.885. The number of benzene rings is 2. The van der Waals surface area contributed by atoms with Crippen LogP contribution in [0.15, 0.2) is 48.5 Å². The van der Waals surface area contributed by atoms with Crippen molar-refractivity contribution in [3.8, 4) is 5.75 Å². The molecule has 0 fully saturated rings. The molecule has 2 aromatic carbocycles. The predicted octanol–water partition coefficient (Wildman–Crippen LogP) is 1.12. The van der Waals surface area contributed by atoms with Crippen LogP contribution >= 0.6 is 0 Å². The summed E-state index contributed by atoms with van der Waals surface area (Å²) in [5.74, 6) is 0.358. The van der Waals surface area contributed by atoms with E-state index in [1.165, 1.54) is 16.0 Å². The van der Waals surface area contributed by atoms with Gasteiger partial charge >= 0.3 is 0 Å². The van der Waals surface area contributed by atoms with Crippen LogP contribution in [0.4, 0.5) is 5.69 Å². The van der Waals surface area contributed by atoms with Crippen LogP contribution in [0.25, 0.3) is 0 Å². The molecule has 2 amide bonds. The number of nitrogens with one attached hydrogen (secondary N) is 2. The van der Waals surface area contributed by atoms with Crippen molar-refractivity contribution in [1.82, 2.24) is 4.90 Å². The molecule has 0 aliphatic heterocycles. The van der Waals surface area contributed by atoms with Crippen LogP contribution in [0.2, 0.25) is 0 Å². The average Bonchev–Trinajstić information content (AvgIpc) is 2.63. The van der Waals surface area contributed by atoms with Crippen molar-refractivity contribution >= 4 is 17.5 Å². The number of carbonyl (C=O) groups is 2. The smallest absolute Gasteiger partial charge is 0.277 e. The minimum absolute atomic E-state index is 0.00763. The highest BCUT2D eigenvalue weighted by Crippen LogP contribution is 2.16. The number of ether oxygens (including phenoxy) is 1. The van der Waals surface area contributed by atoms with E-state index in [0.29, 0.717) is 18.0 Å². The Labute approximate surface area is 160 Å². The van der Waals surface area contributed by atoms with Crippen LogP contribution in [-0.4, -0.2) is 51.0 Å². The van der Waals surface area contributed by atoms with E-state index < -0.39 is 0 Å². The van der Waals surface area contributed by atoms with Crippen LogP contribution in [0.1, 0.15) is 11.1 Å². The van der Waals surface area contributed by atoms with Crippen LogP contribution in [0.5, 0.6) is 5.75 Å². The maximum Gasteiger partial charge on any atom is 0.277 e. The normalized spacial score (nSPS) is 11.6. The van der Waals surface area contributed by atoms with Gasteiger partial charge < -0.3 is 19.9 Å². The van der Waals surface area contributed by atoms with Crippen molar-refractivity contribution < 1.29 is 19.2 Å². The highest BCUT2D eigenvalue weighted by Gasteiger charge is 2.18. The van der Waals surface area contributed by atoms with Gasteiger partial charge in [0.1, 0.15) is 12.3 Å². The summed E-state index contributed by atoms with van der Waals surface area (Å²) in [5, 5.41) is 2.78. The third-order valence-electron chi connectivity index (χ3n) is 4.37. The van der Waals surface area contributed by atoms with Crippen LogP contribution in [0.3, 0.4) is 0 Å². The quantitative estimate of drug-likeness (QED) is 0.732. The zero-order chi connectivity index (χ0) is 19.8. The van der Waals surface area contributed by atoms with Gasteiger partial charge in [0.05, 0.1) is 20.7 Å². The summed E-state index contributed by atoms with van der Waals surface area (Å²) in [6.07, 6.45) is 0. The van der Waals surface area contributed by atoms with Gasteiger partial charge in [0.15, 0.2) is 6.54 Å². The number of nitrogens with zero attached hydrogens (tertiary/aromatic N) is 1. The molecule has 6 heteroatoms. The number of rotatable bonds is 8. The molecular weight excluding hydrogens is 342 g/mol. The Morgan fingerprint density at radius 3 is 2.59 bits per heavy atom. The fraction of sp³-hybridized carbons (Fsp3) is 0.333. The Balaban J connectivity index is 1.83. The lowest BCUT2D eigenvalue weighted by atomic mass is 10.1. The van der Waals surface area contributed by atoms with Crippen molar-refractivity contribution in [1.29, 1.82) is 0 Å². The van der Waals surface area contributed by atoms with Crippen molar-refractivity contribution in [2.24, 2.45) is 0 Å². The average molecular weight is 370 g/mol. The zero-order valence-electron chi connectivity index (χ0n) is 16.4. The molecule has 27 heavy (non-hydrogen) atoms. The van der Waals surface area contributed by atoms with E-state index in [0.717, 1.165) is 11.4 Å². The summed E-state index contributed by atoms with van der Waals surface area (Å²) in [5.41, 5.74) is 3.08. The molecule has 6 nitrogen and oxygen atoms in total. The maximum atomic E-state index is 12.4. The van der Waals surface area contributed by atoms with E-state index in [9.17, 15) is 9.59 Å². The lowest BCUT2D eigenvalue weighted by Gasteiger charge is -2.20. The molecule has 0 aliphatic rings. The van der Waals surface area contributed by atoms with E-state index in [4.69, 9.17) is 4.74 Å². The second kappa shape index (κ2) is 9.73. The van der Waals surface area contributed by atoms with E-state index in [1.807, 2.05) is 19.2 Å². The Morgan fingerprint density at radius 2 is 1.89 bits per heavy atom. The minimum atomic E-state index is -0.240. The molecule has 0 aromatic heterocycles. The van der Waals surface area contributed by atoms with Gasteiger partial charge in [-0.2, -0.15) is 0 Å². The van der Waals surface area contributed by atoms with Gasteiger partial charge in [-0.3, -0.25) is 9.59 Å². The highest BCUT2D eigenvalue weighted by atomic mass is 16.5. The van der Waals surface area contributed by atoms with E-state index in [-0.39, 0.29) is 18.4 Å². The number of likely N-dealkylation sites (N-methyl/N-ethyl adjacent to an activating group) is 2. The first-order valence-corrected chi connectivity index (χ1v) is 8.92. The number of anilines is 1. The van der Waals surface area contributed by atoms with Crippen molar-refractivity contribution in [3.63, 3.8) is 0 Å². The minimum Gasteiger partial charge on any atom is -0.497 e. The molecule has 2 N–H and O–H groups in total. The van der Waals surface area contributed by atoms with Gasteiger partial charge in [-0.1, -0.05) is 30.3 Å². The standard InChI is InChI=1S/C21H27N3O3/c1-16-8-5-6-9-17(16)13-23(2)15-21(26)24(3)14-20(25)22-18-10-7-11-19(12-18)27-4/h5-12H,13-15H2,1-4H3,(H,22,25)/p+1. The second-order valence-corrected chi connectivity index (χ2v) is 6.77. The molecule has 0 bridgehead atoms. The summed E-state index contributed by atoms with van der Waals surface area (Å²) in [7, 11) is 5.20. The number of quaternary nitrogens is 1. The van der Waals surface area contributed by atoms with Gasteiger partial charge in [0.25, 0.3) is 5.91 Å². The molecule has 0 saturated carbocycles. The highest BCUT2D eigenvalue weighted by molar-refractivity contribution is 5.94. The first kappa shape index (κ1) is 20.5. The third kappa shape index (κ3) is 6.42. The fourth-order valence-corrected chi connectivity index (χ4v) is 2.79. The molecule has 0 spiro atoms. The Hall–Kier alpha value is -2.86. The summed E-state index contributed by atoms with van der Waals surface area (Å²) in [6.45, 7) is 3.17. The number of aryl methyl sites for hydroxylation is 1. The first-order valence-electron chi connectivity index (χ1n) is 8.92. The Bertz CT molecular complexity index is 792. The number of hydrogen-bond donors (Lipinski definition) is 2. The number of hydrogen-bond acceptors (Lipinski definition) is 3. The number of carbonyl (C=O) groups excluding carboxylic acids is 2. The molecule has 144 valence electrons. The largest absolute Gasteiger partial charge is 0.497 e.